The Labute approximate surface area is 179 Å². The third kappa shape index (κ3) is 6.05. The molecule has 1 heterocycles. The Bertz CT molecular complexity index is 1020. The summed E-state index contributed by atoms with van der Waals surface area (Å²) in [7, 11) is 3.79. The Balaban J connectivity index is 1.46. The molecule has 1 aromatic heterocycles. The van der Waals surface area contributed by atoms with Crippen LogP contribution in [0.2, 0.25) is 0 Å². The molecular weight excluding hydrogens is 400 g/mol. The molecule has 0 radical (unpaired) electrons. The molecule has 156 valence electrons. The van der Waals surface area contributed by atoms with E-state index >= 15 is 0 Å². The van der Waals surface area contributed by atoms with Crippen molar-refractivity contribution >= 4 is 28.8 Å². The summed E-state index contributed by atoms with van der Waals surface area (Å²) in [5.41, 5.74) is 8.03. The van der Waals surface area contributed by atoms with Gasteiger partial charge in [0, 0.05) is 30.7 Å². The maximum atomic E-state index is 12.2. The van der Waals surface area contributed by atoms with Crippen molar-refractivity contribution in [2.75, 3.05) is 19.0 Å². The second-order valence-electron chi connectivity index (χ2n) is 6.96. The number of hydrazine groups is 1. The summed E-state index contributed by atoms with van der Waals surface area (Å²) in [4.78, 5) is 30.7. The van der Waals surface area contributed by atoms with Crippen LogP contribution in [0.5, 0.6) is 5.75 Å². The lowest BCUT2D eigenvalue weighted by Gasteiger charge is -2.13. The van der Waals surface area contributed by atoms with Crippen molar-refractivity contribution in [3.05, 3.63) is 75.7 Å². The Morgan fingerprint density at radius 1 is 1.10 bits per heavy atom. The molecule has 0 saturated heterocycles. The first kappa shape index (κ1) is 21.3. The lowest BCUT2D eigenvalue weighted by molar-refractivity contribution is -0.121. The first-order valence-corrected chi connectivity index (χ1v) is 10.3. The van der Waals surface area contributed by atoms with Crippen LogP contribution in [0.15, 0.2) is 53.9 Å². The molecule has 0 aliphatic rings. The van der Waals surface area contributed by atoms with Gasteiger partial charge in [0.15, 0.2) is 0 Å². The van der Waals surface area contributed by atoms with Gasteiger partial charge in [-0.3, -0.25) is 20.4 Å². The molecule has 8 heteroatoms. The standard InChI is InChI=1S/C22H24N4O3S/c1-15-7-9-19(10-8-15)29-13-21-23-17(14-30-21)12-20(27)24-25-22(28)16-5-4-6-18(11-16)26(2)3/h4-11,14H,12-13H2,1-3H3,(H,24,27)(H,25,28). The van der Waals surface area contributed by atoms with Gasteiger partial charge in [-0.2, -0.15) is 0 Å². The topological polar surface area (TPSA) is 83.6 Å². The molecular formula is C22H24N4O3S. The van der Waals surface area contributed by atoms with Crippen molar-refractivity contribution in [3.8, 4) is 5.75 Å². The maximum absolute atomic E-state index is 12.2. The van der Waals surface area contributed by atoms with Crippen LogP contribution in [-0.2, 0) is 17.8 Å². The van der Waals surface area contributed by atoms with E-state index in [0.29, 0.717) is 17.9 Å². The van der Waals surface area contributed by atoms with E-state index < -0.39 is 0 Å². The van der Waals surface area contributed by atoms with E-state index in [1.807, 2.05) is 61.6 Å². The predicted octanol–water partition coefficient (Wildman–Crippen LogP) is 3.10. The fourth-order valence-corrected chi connectivity index (χ4v) is 3.31. The number of benzene rings is 2. The number of carbonyl (C=O) groups is 2. The third-order valence-corrected chi connectivity index (χ3v) is 5.14. The third-order valence-electron chi connectivity index (χ3n) is 4.26. The van der Waals surface area contributed by atoms with Crippen molar-refractivity contribution in [1.82, 2.24) is 15.8 Å². The van der Waals surface area contributed by atoms with Gasteiger partial charge in [-0.25, -0.2) is 4.98 Å². The number of aryl methyl sites for hydroxylation is 1. The average molecular weight is 425 g/mol. The molecule has 0 saturated carbocycles. The number of anilines is 1. The summed E-state index contributed by atoms with van der Waals surface area (Å²) in [6.07, 6.45) is 0.0685. The van der Waals surface area contributed by atoms with E-state index in [1.165, 1.54) is 16.9 Å². The van der Waals surface area contributed by atoms with Gasteiger partial charge >= 0.3 is 0 Å². The first-order valence-electron chi connectivity index (χ1n) is 9.40. The number of amides is 2. The summed E-state index contributed by atoms with van der Waals surface area (Å²) in [6.45, 7) is 2.36. The minimum absolute atomic E-state index is 0.0685. The van der Waals surface area contributed by atoms with Crippen LogP contribution in [-0.4, -0.2) is 30.9 Å². The van der Waals surface area contributed by atoms with Crippen molar-refractivity contribution < 1.29 is 14.3 Å². The molecule has 7 nitrogen and oxygen atoms in total. The average Bonchev–Trinajstić information content (AvgIpc) is 3.19. The van der Waals surface area contributed by atoms with E-state index in [0.717, 1.165) is 16.4 Å². The SMILES string of the molecule is Cc1ccc(OCc2nc(CC(=O)NNC(=O)c3cccc(N(C)C)c3)cs2)cc1. The highest BCUT2D eigenvalue weighted by atomic mass is 32.1. The number of rotatable bonds is 7. The number of hydrogen-bond donors (Lipinski definition) is 2. The fourth-order valence-electron chi connectivity index (χ4n) is 2.61. The van der Waals surface area contributed by atoms with Gasteiger partial charge < -0.3 is 9.64 Å². The lowest BCUT2D eigenvalue weighted by atomic mass is 10.2. The smallest absolute Gasteiger partial charge is 0.269 e. The highest BCUT2D eigenvalue weighted by Crippen LogP contribution is 2.16. The van der Waals surface area contributed by atoms with E-state index in [2.05, 4.69) is 15.8 Å². The Morgan fingerprint density at radius 2 is 1.87 bits per heavy atom. The van der Waals surface area contributed by atoms with Gasteiger partial charge in [0.25, 0.3) is 5.91 Å². The lowest BCUT2D eigenvalue weighted by Crippen LogP contribution is -2.42. The van der Waals surface area contributed by atoms with Gasteiger partial charge in [-0.1, -0.05) is 23.8 Å². The summed E-state index contributed by atoms with van der Waals surface area (Å²) in [6, 6.07) is 14.9. The molecule has 3 rings (SSSR count). The monoisotopic (exact) mass is 424 g/mol. The number of carbonyl (C=O) groups excluding carboxylic acids is 2. The van der Waals surface area contributed by atoms with Crippen LogP contribution in [0.3, 0.4) is 0 Å². The van der Waals surface area contributed by atoms with Crippen LogP contribution in [0.1, 0.15) is 26.6 Å². The second kappa shape index (κ2) is 9.89. The first-order chi connectivity index (χ1) is 14.4. The largest absolute Gasteiger partial charge is 0.486 e. The summed E-state index contributed by atoms with van der Waals surface area (Å²) in [5, 5.41) is 2.60. The molecule has 0 aliphatic carbocycles. The van der Waals surface area contributed by atoms with Crippen molar-refractivity contribution in [2.45, 2.75) is 20.0 Å². The maximum Gasteiger partial charge on any atom is 0.269 e. The molecule has 2 aromatic carbocycles. The molecule has 0 unspecified atom stereocenters. The van der Waals surface area contributed by atoms with E-state index in [1.54, 1.807) is 18.2 Å². The van der Waals surface area contributed by atoms with Crippen molar-refractivity contribution in [3.63, 3.8) is 0 Å². The van der Waals surface area contributed by atoms with Crippen molar-refractivity contribution in [2.24, 2.45) is 0 Å². The molecule has 2 amide bonds. The van der Waals surface area contributed by atoms with Gasteiger partial charge in [0.1, 0.15) is 17.4 Å². The van der Waals surface area contributed by atoms with Gasteiger partial charge in [0.2, 0.25) is 5.91 Å². The van der Waals surface area contributed by atoms with Crippen LogP contribution in [0.25, 0.3) is 0 Å². The number of aromatic nitrogens is 1. The number of ether oxygens (including phenoxy) is 1. The number of thiazole rings is 1. The molecule has 2 N–H and O–H groups in total. The Hall–Kier alpha value is -3.39. The molecule has 3 aromatic rings. The van der Waals surface area contributed by atoms with Crippen LogP contribution < -0.4 is 20.5 Å². The van der Waals surface area contributed by atoms with E-state index in [9.17, 15) is 9.59 Å². The highest BCUT2D eigenvalue weighted by Gasteiger charge is 2.11. The van der Waals surface area contributed by atoms with E-state index in [-0.39, 0.29) is 18.2 Å². The number of nitrogens with zero attached hydrogens (tertiary/aromatic N) is 2. The minimum atomic E-state index is -0.377. The summed E-state index contributed by atoms with van der Waals surface area (Å²) < 4.78 is 5.71. The Morgan fingerprint density at radius 3 is 2.60 bits per heavy atom. The predicted molar refractivity (Wildman–Crippen MR) is 118 cm³/mol. The quantitative estimate of drug-likeness (QED) is 0.570. The second-order valence-corrected chi connectivity index (χ2v) is 7.90. The molecule has 0 atom stereocenters. The molecule has 30 heavy (non-hydrogen) atoms. The minimum Gasteiger partial charge on any atom is -0.486 e. The van der Waals surface area contributed by atoms with Crippen molar-refractivity contribution in [1.29, 1.82) is 0 Å². The molecule has 0 fully saturated rings. The fraction of sp³-hybridized carbons (Fsp3) is 0.227. The highest BCUT2D eigenvalue weighted by molar-refractivity contribution is 7.09. The molecule has 0 bridgehead atoms. The van der Waals surface area contributed by atoms with E-state index in [4.69, 9.17) is 4.74 Å². The normalized spacial score (nSPS) is 10.4. The summed E-state index contributed by atoms with van der Waals surface area (Å²) >= 11 is 1.43. The number of nitrogens with one attached hydrogen (secondary N) is 2. The zero-order valence-electron chi connectivity index (χ0n) is 17.1. The van der Waals surface area contributed by atoms with Crippen LogP contribution in [0, 0.1) is 6.92 Å². The van der Waals surface area contributed by atoms with Gasteiger partial charge in [-0.15, -0.1) is 11.3 Å². The van der Waals surface area contributed by atoms with Gasteiger partial charge in [0.05, 0.1) is 12.1 Å². The van der Waals surface area contributed by atoms with Crippen LogP contribution in [0.4, 0.5) is 5.69 Å². The zero-order valence-corrected chi connectivity index (χ0v) is 18.0. The summed E-state index contributed by atoms with van der Waals surface area (Å²) in [5.74, 6) is 0.0528. The zero-order chi connectivity index (χ0) is 21.5. The Kier molecular flexibility index (Phi) is 7.03. The van der Waals surface area contributed by atoms with Gasteiger partial charge in [-0.05, 0) is 37.3 Å². The molecule has 0 aliphatic heterocycles. The molecule has 0 spiro atoms. The number of hydrogen-bond acceptors (Lipinski definition) is 6. The van der Waals surface area contributed by atoms with Crippen LogP contribution >= 0.6 is 11.3 Å².